The first-order chi connectivity index (χ1) is 20.7. The minimum absolute atomic E-state index is 0.00549. The summed E-state index contributed by atoms with van der Waals surface area (Å²) < 4.78 is 6.46. The first-order valence-corrected chi connectivity index (χ1v) is 15.9. The number of hydrogen-bond donors (Lipinski definition) is 3. The molecule has 2 aliphatic carbocycles. The zero-order chi connectivity index (χ0) is 33.9. The van der Waals surface area contributed by atoms with E-state index in [-0.39, 0.29) is 53.8 Å². The summed E-state index contributed by atoms with van der Waals surface area (Å²) >= 11 is 0. The predicted molar refractivity (Wildman–Crippen MR) is 175 cm³/mol. The number of hydrogen-bond acceptors (Lipinski definition) is 7. The van der Waals surface area contributed by atoms with Crippen molar-refractivity contribution in [3.8, 4) is 11.5 Å². The number of benzene rings is 1. The molecule has 1 saturated heterocycles. The second-order valence-corrected chi connectivity index (χ2v) is 15.3. The number of allylic oxidation sites excluding steroid dienone is 7. The fourth-order valence-electron chi connectivity index (χ4n) is 7.73. The highest BCUT2D eigenvalue weighted by atomic mass is 16.5. The molecular weight excluding hydrogens is 568 g/mol. The van der Waals surface area contributed by atoms with Crippen molar-refractivity contribution >= 4 is 17.3 Å². The number of phenols is 2. The molecule has 3 aliphatic rings. The van der Waals surface area contributed by atoms with Crippen LogP contribution in [0.4, 0.5) is 0 Å². The van der Waals surface area contributed by atoms with Crippen LogP contribution in [0.25, 0.3) is 0 Å². The molecule has 0 amide bonds. The predicted octanol–water partition coefficient (Wildman–Crippen LogP) is 7.56. The highest BCUT2D eigenvalue weighted by Gasteiger charge is 2.76. The van der Waals surface area contributed by atoms with Crippen LogP contribution in [0, 0.1) is 28.1 Å². The third-order valence-electron chi connectivity index (χ3n) is 10.7. The molecule has 1 spiro atoms. The topological polar surface area (TPSA) is 121 Å². The summed E-state index contributed by atoms with van der Waals surface area (Å²) in [5, 5.41) is 31.4. The van der Waals surface area contributed by atoms with Gasteiger partial charge >= 0.3 is 0 Å². The number of ketones is 3. The Labute approximate surface area is 267 Å². The smallest absolute Gasteiger partial charge is 0.200 e. The molecule has 7 heteroatoms. The van der Waals surface area contributed by atoms with Crippen LogP contribution < -0.4 is 0 Å². The van der Waals surface area contributed by atoms with Gasteiger partial charge in [0, 0.05) is 12.0 Å². The number of fused-ring (bicyclic) bond motifs is 1. The van der Waals surface area contributed by atoms with E-state index in [1.807, 2.05) is 48.5 Å². The van der Waals surface area contributed by atoms with E-state index in [1.165, 1.54) is 12.1 Å². The molecule has 2 bridgehead atoms. The zero-order valence-electron chi connectivity index (χ0n) is 28.3. The number of Topliss-reactive ketones (excluding diaryl/α,β-unsaturated/α-hetero) is 3. The quantitative estimate of drug-likeness (QED) is 0.0813. The van der Waals surface area contributed by atoms with Gasteiger partial charge in [-0.2, -0.15) is 0 Å². The lowest BCUT2D eigenvalue weighted by Crippen LogP contribution is -2.66. The molecule has 1 aliphatic heterocycles. The number of aliphatic hydroxyl groups is 1. The molecule has 3 N–H and O–H groups in total. The molecule has 45 heavy (non-hydrogen) atoms. The van der Waals surface area contributed by atoms with Crippen molar-refractivity contribution in [1.29, 1.82) is 0 Å². The van der Waals surface area contributed by atoms with E-state index >= 15 is 9.59 Å². The van der Waals surface area contributed by atoms with E-state index in [1.54, 1.807) is 13.8 Å². The Hall–Kier alpha value is -3.45. The van der Waals surface area contributed by atoms with Crippen LogP contribution in [-0.2, 0) is 14.3 Å². The molecule has 1 saturated carbocycles. The van der Waals surface area contributed by atoms with E-state index < -0.39 is 51.0 Å². The van der Waals surface area contributed by atoms with Gasteiger partial charge in [-0.3, -0.25) is 14.4 Å². The van der Waals surface area contributed by atoms with Crippen molar-refractivity contribution in [1.82, 2.24) is 0 Å². The Morgan fingerprint density at radius 3 is 2.20 bits per heavy atom. The maximum absolute atomic E-state index is 15.4. The van der Waals surface area contributed by atoms with Gasteiger partial charge in [0.05, 0.1) is 16.4 Å². The maximum atomic E-state index is 15.4. The van der Waals surface area contributed by atoms with Gasteiger partial charge in [0.2, 0.25) is 0 Å². The number of carbonyl (C=O) groups excluding carboxylic acids is 3. The highest BCUT2D eigenvalue weighted by molar-refractivity contribution is 6.35. The van der Waals surface area contributed by atoms with Gasteiger partial charge in [0.15, 0.2) is 28.8 Å². The minimum Gasteiger partial charge on any atom is -0.504 e. The molecule has 1 aromatic rings. The third-order valence-corrected chi connectivity index (χ3v) is 10.7. The van der Waals surface area contributed by atoms with Crippen LogP contribution in [0.2, 0.25) is 0 Å². The lowest BCUT2D eigenvalue weighted by atomic mass is 9.40. The molecule has 5 atom stereocenters. The molecular formula is C38H50O7. The van der Waals surface area contributed by atoms with Crippen molar-refractivity contribution in [2.75, 3.05) is 0 Å². The molecule has 0 radical (unpaired) electrons. The van der Waals surface area contributed by atoms with Gasteiger partial charge in [-0.25, -0.2) is 0 Å². The average Bonchev–Trinajstić information content (AvgIpc) is 3.34. The molecule has 0 unspecified atom stereocenters. The van der Waals surface area contributed by atoms with Crippen LogP contribution in [-0.4, -0.2) is 44.4 Å². The second kappa shape index (κ2) is 11.7. The summed E-state index contributed by atoms with van der Waals surface area (Å²) in [4.78, 5) is 44.9. The van der Waals surface area contributed by atoms with Gasteiger partial charge in [0.25, 0.3) is 0 Å². The number of ether oxygens (including phenoxy) is 1. The van der Waals surface area contributed by atoms with Crippen LogP contribution in [0.5, 0.6) is 11.5 Å². The highest BCUT2D eigenvalue weighted by Crippen LogP contribution is 2.70. The van der Waals surface area contributed by atoms with Gasteiger partial charge in [-0.05, 0) is 110 Å². The number of aromatic hydroxyl groups is 2. The Morgan fingerprint density at radius 2 is 1.67 bits per heavy atom. The lowest BCUT2D eigenvalue weighted by Gasteiger charge is -2.59. The monoisotopic (exact) mass is 618 g/mol. The van der Waals surface area contributed by atoms with E-state index in [0.29, 0.717) is 12.8 Å². The summed E-state index contributed by atoms with van der Waals surface area (Å²) in [6.07, 6.45) is 5.22. The summed E-state index contributed by atoms with van der Waals surface area (Å²) in [7, 11) is 0. The van der Waals surface area contributed by atoms with E-state index in [0.717, 1.165) is 22.8 Å². The summed E-state index contributed by atoms with van der Waals surface area (Å²) in [6, 6.07) is 3.67. The SMILES string of the molecule is C=C(C)[C@@H](CC=C(C)C)C[C@@]12C[C@H](CC=C(C)C)C(C)(C)[C@]3(C[C@H](C(C)(C)O)OC3=C(C(=O)c3ccc(O)c(O)c3)C1=O)C2=O. The number of rotatable bonds is 10. The van der Waals surface area contributed by atoms with Crippen LogP contribution in [0.3, 0.4) is 0 Å². The van der Waals surface area contributed by atoms with Crippen molar-refractivity contribution in [3.05, 3.63) is 70.5 Å². The Morgan fingerprint density at radius 1 is 1.04 bits per heavy atom. The van der Waals surface area contributed by atoms with Crippen molar-refractivity contribution in [2.45, 2.75) is 106 Å². The Bertz CT molecular complexity index is 1520. The van der Waals surface area contributed by atoms with Crippen LogP contribution in [0.15, 0.2) is 65.0 Å². The fraction of sp³-hybridized carbons (Fsp3) is 0.553. The fourth-order valence-corrected chi connectivity index (χ4v) is 7.73. The number of carbonyl (C=O) groups is 3. The minimum atomic E-state index is -1.53. The normalized spacial score (nSPS) is 27.8. The Kier molecular flexibility index (Phi) is 8.97. The van der Waals surface area contributed by atoms with Gasteiger partial charge in [0.1, 0.15) is 17.4 Å². The maximum Gasteiger partial charge on any atom is 0.200 e. The molecule has 2 fully saturated rings. The van der Waals surface area contributed by atoms with Crippen molar-refractivity contribution in [2.24, 2.45) is 28.1 Å². The van der Waals surface area contributed by atoms with Gasteiger partial charge < -0.3 is 20.1 Å². The summed E-state index contributed by atoms with van der Waals surface area (Å²) in [5.41, 5.74) is -2.12. The Balaban J connectivity index is 2.07. The van der Waals surface area contributed by atoms with Gasteiger partial charge in [-0.15, -0.1) is 0 Å². The second-order valence-electron chi connectivity index (χ2n) is 15.3. The molecule has 1 heterocycles. The van der Waals surface area contributed by atoms with E-state index in [4.69, 9.17) is 4.74 Å². The van der Waals surface area contributed by atoms with Crippen molar-refractivity contribution < 1.29 is 34.4 Å². The standard InChI is InChI=1S/C38H50O7/c1-21(2)11-13-25(23(5)6)18-37-19-26(15-12-22(3)4)35(7,8)38(34(37)43)20-29(36(9,10)44)45-33(38)30(32(37)42)31(41)24-14-16-27(39)28(40)17-24/h11-12,14,16-17,25-26,29,39-40,44H,5,13,15,18-20H2,1-4,6-10H3/t25-,26-,29+,37+,38-/m0/s1. The van der Waals surface area contributed by atoms with E-state index in [2.05, 4.69) is 18.7 Å². The molecule has 0 aromatic heterocycles. The first-order valence-electron chi connectivity index (χ1n) is 15.9. The molecule has 4 rings (SSSR count). The first kappa shape index (κ1) is 34.4. The summed E-state index contributed by atoms with van der Waals surface area (Å²) in [6.45, 7) is 21.5. The average molecular weight is 619 g/mol. The molecule has 244 valence electrons. The van der Waals surface area contributed by atoms with Crippen LogP contribution >= 0.6 is 0 Å². The summed E-state index contributed by atoms with van der Waals surface area (Å²) in [5.74, 6) is -2.68. The van der Waals surface area contributed by atoms with Gasteiger partial charge in [-0.1, -0.05) is 49.3 Å². The van der Waals surface area contributed by atoms with E-state index in [9.17, 15) is 20.1 Å². The molecule has 1 aromatic carbocycles. The largest absolute Gasteiger partial charge is 0.504 e. The lowest BCUT2D eigenvalue weighted by molar-refractivity contribution is -0.167. The zero-order valence-corrected chi connectivity index (χ0v) is 28.3. The molecule has 7 nitrogen and oxygen atoms in total. The van der Waals surface area contributed by atoms with Crippen LogP contribution in [0.1, 0.15) is 105 Å². The van der Waals surface area contributed by atoms with Crippen molar-refractivity contribution in [3.63, 3.8) is 0 Å². The number of phenolic OH excluding ortho intramolecular Hbond substituents is 2. The third kappa shape index (κ3) is 5.62.